The number of aromatic amines is 1. The Morgan fingerprint density at radius 2 is 2.07 bits per heavy atom. The first-order chi connectivity index (χ1) is 13.5. The van der Waals surface area contributed by atoms with Gasteiger partial charge in [-0.15, -0.1) is 0 Å². The van der Waals surface area contributed by atoms with Crippen molar-refractivity contribution in [2.24, 2.45) is 5.10 Å². The lowest BCUT2D eigenvalue weighted by Gasteiger charge is -2.09. The summed E-state index contributed by atoms with van der Waals surface area (Å²) in [6.07, 6.45) is 1.45. The second-order valence-corrected chi connectivity index (χ2v) is 6.72. The Bertz CT molecular complexity index is 1140. The van der Waals surface area contributed by atoms with Gasteiger partial charge < -0.3 is 4.74 Å². The maximum atomic E-state index is 12.2. The summed E-state index contributed by atoms with van der Waals surface area (Å²) in [6, 6.07) is 14.3. The number of benzene rings is 2. The highest BCUT2D eigenvalue weighted by Gasteiger charge is 2.13. The predicted molar refractivity (Wildman–Crippen MR) is 112 cm³/mol. The monoisotopic (exact) mass is 457 g/mol. The first-order valence-electron chi connectivity index (χ1n) is 7.96. The molecule has 9 heteroatoms. The van der Waals surface area contributed by atoms with Crippen molar-refractivity contribution in [2.75, 3.05) is 12.5 Å². The molecule has 0 fully saturated rings. The summed E-state index contributed by atoms with van der Waals surface area (Å²) >= 11 is 9.59. The average Bonchev–Trinajstić information content (AvgIpc) is 2.71. The third-order valence-corrected chi connectivity index (χ3v) is 4.70. The minimum atomic E-state index is -0.563. The molecule has 0 radical (unpaired) electrons. The molecule has 0 amide bonds. The number of nitrogens with one attached hydrogen (secondary N) is 2. The standard InChI is InChI=1S/C19H13BrClN5O2/c1-28-17-13(15(21)8-7-14(17)20)10-23-26-19-24-16(11-5-3-2-4-6-11)12(9-22)18(27)25-19/h2-8,10H,1H3,(H2,24,25,26,27). The molecule has 0 spiro atoms. The van der Waals surface area contributed by atoms with Crippen LogP contribution >= 0.6 is 27.5 Å². The van der Waals surface area contributed by atoms with E-state index < -0.39 is 5.56 Å². The zero-order valence-electron chi connectivity index (χ0n) is 14.5. The van der Waals surface area contributed by atoms with Crippen molar-refractivity contribution in [1.82, 2.24) is 9.97 Å². The third-order valence-electron chi connectivity index (χ3n) is 3.74. The first kappa shape index (κ1) is 19.6. The van der Waals surface area contributed by atoms with E-state index in [-0.39, 0.29) is 17.2 Å². The normalized spacial score (nSPS) is 10.6. The lowest BCUT2D eigenvalue weighted by Crippen LogP contribution is -2.16. The van der Waals surface area contributed by atoms with Crippen LogP contribution in [0.4, 0.5) is 5.95 Å². The summed E-state index contributed by atoms with van der Waals surface area (Å²) in [4.78, 5) is 19.0. The highest BCUT2D eigenvalue weighted by molar-refractivity contribution is 9.10. The molecule has 0 saturated carbocycles. The smallest absolute Gasteiger partial charge is 0.270 e. The van der Waals surface area contributed by atoms with Gasteiger partial charge in [0.15, 0.2) is 0 Å². The lowest BCUT2D eigenvalue weighted by atomic mass is 10.1. The largest absolute Gasteiger partial charge is 0.495 e. The zero-order valence-corrected chi connectivity index (χ0v) is 16.9. The molecule has 2 aromatic carbocycles. The van der Waals surface area contributed by atoms with Gasteiger partial charge in [0.05, 0.1) is 34.1 Å². The zero-order chi connectivity index (χ0) is 20.1. The van der Waals surface area contributed by atoms with Crippen molar-refractivity contribution in [3.63, 3.8) is 0 Å². The van der Waals surface area contributed by atoms with Gasteiger partial charge in [-0.1, -0.05) is 41.9 Å². The van der Waals surface area contributed by atoms with Gasteiger partial charge >= 0.3 is 0 Å². The highest BCUT2D eigenvalue weighted by atomic mass is 79.9. The number of nitriles is 1. The number of nitrogens with zero attached hydrogens (tertiary/aromatic N) is 3. The third kappa shape index (κ3) is 4.06. The van der Waals surface area contributed by atoms with E-state index in [0.29, 0.717) is 21.9 Å². The Labute approximate surface area is 173 Å². The Kier molecular flexibility index (Phi) is 6.09. The average molecular weight is 459 g/mol. The number of H-pyrrole nitrogens is 1. The number of hydrogen-bond acceptors (Lipinski definition) is 6. The van der Waals surface area contributed by atoms with E-state index in [4.69, 9.17) is 16.3 Å². The molecule has 0 aliphatic carbocycles. The minimum Gasteiger partial charge on any atom is -0.495 e. The summed E-state index contributed by atoms with van der Waals surface area (Å²) < 4.78 is 6.05. The van der Waals surface area contributed by atoms with Crippen molar-refractivity contribution in [2.45, 2.75) is 0 Å². The van der Waals surface area contributed by atoms with Crippen LogP contribution in [0, 0.1) is 11.3 Å². The van der Waals surface area contributed by atoms with E-state index in [1.165, 1.54) is 13.3 Å². The quantitative estimate of drug-likeness (QED) is 0.441. The lowest BCUT2D eigenvalue weighted by molar-refractivity contribution is 0.411. The summed E-state index contributed by atoms with van der Waals surface area (Å²) in [5.41, 5.74) is 3.48. The van der Waals surface area contributed by atoms with Gasteiger partial charge in [-0.2, -0.15) is 10.4 Å². The van der Waals surface area contributed by atoms with E-state index in [9.17, 15) is 10.1 Å². The van der Waals surface area contributed by atoms with Gasteiger partial charge in [0.25, 0.3) is 5.56 Å². The van der Waals surface area contributed by atoms with E-state index in [0.717, 1.165) is 4.47 Å². The SMILES string of the molecule is COc1c(Br)ccc(Cl)c1C=NNc1nc(-c2ccccc2)c(C#N)c(=O)[nH]1. The van der Waals surface area contributed by atoms with Gasteiger partial charge in [0, 0.05) is 5.56 Å². The van der Waals surface area contributed by atoms with Gasteiger partial charge in [0.1, 0.15) is 17.4 Å². The Hall–Kier alpha value is -3.15. The number of halogens is 2. The van der Waals surface area contributed by atoms with Crippen LogP contribution in [0.5, 0.6) is 5.75 Å². The fraction of sp³-hybridized carbons (Fsp3) is 0.0526. The van der Waals surface area contributed by atoms with E-state index in [1.807, 2.05) is 12.1 Å². The molecule has 0 aliphatic rings. The van der Waals surface area contributed by atoms with Gasteiger partial charge in [0.2, 0.25) is 5.95 Å². The fourth-order valence-corrected chi connectivity index (χ4v) is 3.17. The molecule has 1 aromatic heterocycles. The van der Waals surface area contributed by atoms with Crippen molar-refractivity contribution < 1.29 is 4.74 Å². The molecule has 140 valence electrons. The molecule has 0 atom stereocenters. The van der Waals surface area contributed by atoms with Crippen LogP contribution in [0.15, 0.2) is 56.8 Å². The maximum Gasteiger partial charge on any atom is 0.270 e. The number of rotatable bonds is 5. The highest BCUT2D eigenvalue weighted by Crippen LogP contribution is 2.32. The first-order valence-corrected chi connectivity index (χ1v) is 9.13. The topological polar surface area (TPSA) is 103 Å². The molecular weight excluding hydrogens is 446 g/mol. The molecule has 7 nitrogen and oxygen atoms in total. The van der Waals surface area contributed by atoms with Crippen molar-refractivity contribution >= 4 is 39.7 Å². The van der Waals surface area contributed by atoms with Crippen molar-refractivity contribution in [3.8, 4) is 23.1 Å². The molecule has 28 heavy (non-hydrogen) atoms. The summed E-state index contributed by atoms with van der Waals surface area (Å²) in [7, 11) is 1.52. The molecule has 3 aromatic rings. The fourth-order valence-electron chi connectivity index (χ4n) is 2.47. The van der Waals surface area contributed by atoms with Crippen LogP contribution in [0.3, 0.4) is 0 Å². The van der Waals surface area contributed by atoms with Gasteiger partial charge in [-0.25, -0.2) is 10.4 Å². The minimum absolute atomic E-state index is 0.0718. The number of hydrazone groups is 1. The Morgan fingerprint density at radius 1 is 1.32 bits per heavy atom. The van der Waals surface area contributed by atoms with Crippen LogP contribution in [-0.2, 0) is 0 Å². The molecule has 0 bridgehead atoms. The summed E-state index contributed by atoms with van der Waals surface area (Å²) in [6.45, 7) is 0. The number of hydrogen-bond donors (Lipinski definition) is 2. The maximum absolute atomic E-state index is 12.2. The van der Waals surface area contributed by atoms with Gasteiger partial charge in [-0.3, -0.25) is 9.78 Å². The Morgan fingerprint density at radius 3 is 2.75 bits per heavy atom. The molecule has 0 unspecified atom stereocenters. The van der Waals surface area contributed by atoms with E-state index in [2.05, 4.69) is 36.4 Å². The number of aromatic nitrogens is 2. The van der Waals surface area contributed by atoms with Crippen molar-refractivity contribution in [1.29, 1.82) is 5.26 Å². The summed E-state index contributed by atoms with van der Waals surface area (Å²) in [5, 5.41) is 13.8. The molecule has 0 saturated heterocycles. The molecule has 1 heterocycles. The second kappa shape index (κ2) is 8.69. The van der Waals surface area contributed by atoms with Crippen molar-refractivity contribution in [3.05, 3.63) is 73.4 Å². The van der Waals surface area contributed by atoms with Crippen LogP contribution in [-0.4, -0.2) is 23.3 Å². The van der Waals surface area contributed by atoms with Crippen LogP contribution in [0.1, 0.15) is 11.1 Å². The molecular formula is C19H13BrClN5O2. The van der Waals surface area contributed by atoms with E-state index >= 15 is 0 Å². The van der Waals surface area contributed by atoms with Gasteiger partial charge in [-0.05, 0) is 28.1 Å². The van der Waals surface area contributed by atoms with Crippen LogP contribution in [0.2, 0.25) is 5.02 Å². The number of anilines is 1. The molecule has 0 aliphatic heterocycles. The number of methoxy groups -OCH3 is 1. The van der Waals surface area contributed by atoms with Crippen LogP contribution in [0.25, 0.3) is 11.3 Å². The molecule has 3 rings (SSSR count). The predicted octanol–water partition coefficient (Wildman–Crippen LogP) is 4.18. The second-order valence-electron chi connectivity index (χ2n) is 5.46. The molecule has 2 N–H and O–H groups in total. The number of ether oxygens (including phenoxy) is 1. The Balaban J connectivity index is 1.96. The van der Waals surface area contributed by atoms with E-state index in [1.54, 1.807) is 36.4 Å². The van der Waals surface area contributed by atoms with Crippen LogP contribution < -0.4 is 15.7 Å². The summed E-state index contributed by atoms with van der Waals surface area (Å²) in [5.74, 6) is 0.605.